The first-order chi connectivity index (χ1) is 8.70. The summed E-state index contributed by atoms with van der Waals surface area (Å²) in [5.74, 6) is 0.840. The van der Waals surface area contributed by atoms with Crippen molar-refractivity contribution < 1.29 is 0 Å². The van der Waals surface area contributed by atoms with Crippen LogP contribution in [0.2, 0.25) is 0 Å². The van der Waals surface area contributed by atoms with Crippen LogP contribution in [-0.2, 0) is 7.05 Å². The number of hydrogen-bond donors (Lipinski definition) is 0. The fourth-order valence-electron chi connectivity index (χ4n) is 1.90. The molecule has 6 heteroatoms. The van der Waals surface area contributed by atoms with Gasteiger partial charge in [-0.2, -0.15) is 5.26 Å². The normalized spacial score (nSPS) is 10.7. The third-order valence-corrected chi connectivity index (χ3v) is 3.69. The van der Waals surface area contributed by atoms with Crippen molar-refractivity contribution >= 4 is 22.6 Å². The Labute approximate surface area is 107 Å². The van der Waals surface area contributed by atoms with E-state index >= 15 is 0 Å². The monoisotopic (exact) mass is 255 g/mol. The number of fused-ring (bicyclic) bond motifs is 1. The second kappa shape index (κ2) is 3.89. The quantitative estimate of drug-likeness (QED) is 0.669. The van der Waals surface area contributed by atoms with E-state index in [0.29, 0.717) is 5.56 Å². The van der Waals surface area contributed by atoms with Crippen LogP contribution >= 0.6 is 11.5 Å². The van der Waals surface area contributed by atoms with Crippen LogP contribution in [0.15, 0.2) is 18.2 Å². The smallest absolute Gasteiger partial charge is 0.154 e. The Morgan fingerprint density at radius 3 is 2.89 bits per heavy atom. The van der Waals surface area contributed by atoms with Gasteiger partial charge in [0.1, 0.15) is 4.88 Å². The van der Waals surface area contributed by atoms with Crippen LogP contribution in [0.1, 0.15) is 11.3 Å². The van der Waals surface area contributed by atoms with Crippen LogP contribution in [0.25, 0.3) is 21.7 Å². The van der Waals surface area contributed by atoms with Crippen molar-refractivity contribution in [2.45, 2.75) is 6.92 Å². The maximum absolute atomic E-state index is 8.93. The molecule has 88 valence electrons. The minimum Gasteiger partial charge on any atom is -0.326 e. The Hall–Kier alpha value is -2.26. The van der Waals surface area contributed by atoms with Crippen LogP contribution in [0.4, 0.5) is 0 Å². The zero-order valence-electron chi connectivity index (χ0n) is 9.88. The first kappa shape index (κ1) is 10.9. The first-order valence-electron chi connectivity index (χ1n) is 5.36. The molecule has 0 spiro atoms. The lowest BCUT2D eigenvalue weighted by Gasteiger charge is -1.99. The number of aryl methyl sites for hydroxylation is 2. The third-order valence-electron chi connectivity index (χ3n) is 2.86. The number of nitriles is 1. The maximum Gasteiger partial charge on any atom is 0.154 e. The number of benzene rings is 1. The van der Waals surface area contributed by atoms with E-state index in [1.807, 2.05) is 30.7 Å². The van der Waals surface area contributed by atoms with Gasteiger partial charge in [0.2, 0.25) is 0 Å². The van der Waals surface area contributed by atoms with Gasteiger partial charge in [-0.25, -0.2) is 4.98 Å². The number of aromatic nitrogens is 4. The van der Waals surface area contributed by atoms with Crippen molar-refractivity contribution in [3.8, 4) is 16.8 Å². The van der Waals surface area contributed by atoms with Gasteiger partial charge < -0.3 is 4.57 Å². The molecule has 0 radical (unpaired) electrons. The molecule has 3 aromatic rings. The van der Waals surface area contributed by atoms with Gasteiger partial charge in [0, 0.05) is 7.05 Å². The molecule has 0 bridgehead atoms. The second-order valence-corrected chi connectivity index (χ2v) is 4.75. The largest absolute Gasteiger partial charge is 0.326 e. The average molecular weight is 255 g/mol. The molecule has 1 aromatic carbocycles. The van der Waals surface area contributed by atoms with E-state index in [1.54, 1.807) is 6.07 Å². The molecule has 0 unspecified atom stereocenters. The van der Waals surface area contributed by atoms with Gasteiger partial charge in [-0.05, 0) is 36.7 Å². The molecule has 3 rings (SSSR count). The van der Waals surface area contributed by atoms with Crippen molar-refractivity contribution in [1.29, 1.82) is 5.26 Å². The molecule has 2 heterocycles. The van der Waals surface area contributed by atoms with E-state index in [2.05, 4.69) is 20.6 Å². The summed E-state index contributed by atoms with van der Waals surface area (Å²) in [6.45, 7) is 1.92. The summed E-state index contributed by atoms with van der Waals surface area (Å²) < 4.78 is 5.90. The molecular formula is C12H9N5S. The van der Waals surface area contributed by atoms with Crippen molar-refractivity contribution in [2.75, 3.05) is 0 Å². The Bertz CT molecular complexity index is 777. The topological polar surface area (TPSA) is 67.4 Å². The minimum atomic E-state index is 0.635. The van der Waals surface area contributed by atoms with E-state index in [4.69, 9.17) is 5.26 Å². The second-order valence-electron chi connectivity index (χ2n) is 4.00. The van der Waals surface area contributed by atoms with Crippen molar-refractivity contribution in [3.63, 3.8) is 0 Å². The lowest BCUT2D eigenvalue weighted by atomic mass is 10.2. The summed E-state index contributed by atoms with van der Waals surface area (Å²) in [4.78, 5) is 5.54. The van der Waals surface area contributed by atoms with Crippen molar-refractivity contribution in [1.82, 2.24) is 19.1 Å². The number of imidazole rings is 1. The molecule has 0 saturated heterocycles. The molecular weight excluding hydrogens is 246 g/mol. The van der Waals surface area contributed by atoms with E-state index in [1.165, 1.54) is 11.5 Å². The Balaban J connectivity index is 2.30. The fraction of sp³-hybridized carbons (Fsp3) is 0.167. The highest BCUT2D eigenvalue weighted by molar-refractivity contribution is 7.09. The van der Waals surface area contributed by atoms with E-state index < -0.39 is 0 Å². The van der Waals surface area contributed by atoms with Crippen LogP contribution in [0.5, 0.6) is 0 Å². The lowest BCUT2D eigenvalue weighted by molar-refractivity contribution is 0.958. The van der Waals surface area contributed by atoms with Crippen molar-refractivity contribution in [3.05, 3.63) is 29.5 Å². The molecule has 0 fully saturated rings. The first-order valence-corrected chi connectivity index (χ1v) is 6.14. The van der Waals surface area contributed by atoms with Gasteiger partial charge in [0.25, 0.3) is 0 Å². The van der Waals surface area contributed by atoms with Gasteiger partial charge >= 0.3 is 0 Å². The van der Waals surface area contributed by atoms with E-state index in [0.717, 1.165) is 27.4 Å². The van der Waals surface area contributed by atoms with Gasteiger partial charge in [-0.15, -0.1) is 5.10 Å². The molecule has 0 N–H and O–H groups in total. The van der Waals surface area contributed by atoms with Crippen LogP contribution < -0.4 is 0 Å². The fourth-order valence-corrected chi connectivity index (χ4v) is 2.58. The summed E-state index contributed by atoms with van der Waals surface area (Å²) in [5.41, 5.74) is 3.33. The molecule has 18 heavy (non-hydrogen) atoms. The van der Waals surface area contributed by atoms with Gasteiger partial charge in [-0.3, -0.25) is 0 Å². The van der Waals surface area contributed by atoms with E-state index in [9.17, 15) is 0 Å². The molecule has 0 aliphatic rings. The minimum absolute atomic E-state index is 0.635. The Kier molecular flexibility index (Phi) is 2.35. The zero-order chi connectivity index (χ0) is 12.7. The SMILES string of the molecule is Cc1nnsc1-c1nc2ccc(C#N)cc2n1C. The van der Waals surface area contributed by atoms with Gasteiger partial charge in [0.15, 0.2) is 5.82 Å². The predicted molar refractivity (Wildman–Crippen MR) is 69.1 cm³/mol. The van der Waals surface area contributed by atoms with Crippen LogP contribution in [0, 0.1) is 18.3 Å². The summed E-state index contributed by atoms with van der Waals surface area (Å²) in [6.07, 6.45) is 0. The Morgan fingerprint density at radius 2 is 2.22 bits per heavy atom. The molecule has 2 aromatic heterocycles. The highest BCUT2D eigenvalue weighted by atomic mass is 32.1. The summed E-state index contributed by atoms with van der Waals surface area (Å²) >= 11 is 1.33. The molecule has 0 aliphatic carbocycles. The standard InChI is InChI=1S/C12H9N5S/c1-7-11(18-16-15-7)12-14-9-4-3-8(6-13)5-10(9)17(12)2/h3-5H,1-2H3. The average Bonchev–Trinajstić information content (AvgIpc) is 2.93. The van der Waals surface area contributed by atoms with Gasteiger partial charge in [-0.1, -0.05) is 4.49 Å². The lowest BCUT2D eigenvalue weighted by Crippen LogP contribution is -1.92. The molecule has 0 atom stereocenters. The molecule has 0 saturated carbocycles. The summed E-state index contributed by atoms with van der Waals surface area (Å²) in [7, 11) is 1.94. The molecule has 0 amide bonds. The maximum atomic E-state index is 8.93. The molecule has 0 aliphatic heterocycles. The van der Waals surface area contributed by atoms with Crippen LogP contribution in [-0.4, -0.2) is 19.1 Å². The third kappa shape index (κ3) is 1.49. The van der Waals surface area contributed by atoms with E-state index in [-0.39, 0.29) is 0 Å². The number of nitrogens with zero attached hydrogens (tertiary/aromatic N) is 5. The highest BCUT2D eigenvalue weighted by Crippen LogP contribution is 2.28. The number of hydrogen-bond acceptors (Lipinski definition) is 5. The number of rotatable bonds is 1. The molecule has 5 nitrogen and oxygen atoms in total. The van der Waals surface area contributed by atoms with Crippen LogP contribution in [0.3, 0.4) is 0 Å². The summed E-state index contributed by atoms with van der Waals surface area (Å²) in [6, 6.07) is 7.62. The summed E-state index contributed by atoms with van der Waals surface area (Å²) in [5, 5.41) is 12.9. The Morgan fingerprint density at radius 1 is 1.39 bits per heavy atom. The highest BCUT2D eigenvalue weighted by Gasteiger charge is 2.14. The predicted octanol–water partition coefficient (Wildman–Crippen LogP) is 2.27. The van der Waals surface area contributed by atoms with Gasteiger partial charge in [0.05, 0.1) is 28.4 Å². The van der Waals surface area contributed by atoms with Crippen molar-refractivity contribution in [2.24, 2.45) is 7.05 Å². The zero-order valence-corrected chi connectivity index (χ0v) is 10.7.